The quantitative estimate of drug-likeness (QED) is 0.571. The fraction of sp³-hybridized carbons (Fsp3) is 0.923. The van der Waals surface area contributed by atoms with E-state index in [4.69, 9.17) is 13.7 Å². The Morgan fingerprint density at radius 2 is 2.05 bits per heavy atom. The molecule has 20 heavy (non-hydrogen) atoms. The maximum atomic E-state index is 12.2. The maximum absolute atomic E-state index is 12.2. The lowest BCUT2D eigenvalue weighted by Crippen LogP contribution is -2.54. The zero-order chi connectivity index (χ0) is 14.9. The van der Waals surface area contributed by atoms with Gasteiger partial charge in [0.1, 0.15) is 12.2 Å². The molecule has 3 aliphatic rings. The van der Waals surface area contributed by atoms with Crippen LogP contribution in [0, 0.1) is 5.41 Å². The van der Waals surface area contributed by atoms with Gasteiger partial charge in [-0.2, -0.15) is 8.42 Å². The zero-order valence-corrected chi connectivity index (χ0v) is 12.9. The van der Waals surface area contributed by atoms with Gasteiger partial charge in [-0.1, -0.05) is 6.92 Å². The lowest BCUT2D eigenvalue weighted by molar-refractivity contribution is -0.163. The predicted molar refractivity (Wildman–Crippen MR) is 69.4 cm³/mol. The topological polar surface area (TPSA) is 78.9 Å². The SMILES string of the molecule is CCC(C)(C)C(=O)OC1C2CC3OS(=O)(=O)C1(C)C3O2. The summed E-state index contributed by atoms with van der Waals surface area (Å²) in [6.07, 6.45) is -1.04. The summed E-state index contributed by atoms with van der Waals surface area (Å²) in [5, 5.41) is 0. The molecule has 5 atom stereocenters. The molecule has 0 aromatic carbocycles. The number of fused-ring (bicyclic) bond motifs is 1. The van der Waals surface area contributed by atoms with Crippen molar-refractivity contribution in [3.05, 3.63) is 0 Å². The molecule has 0 aromatic heterocycles. The van der Waals surface area contributed by atoms with Crippen LogP contribution in [-0.2, 0) is 28.6 Å². The lowest BCUT2D eigenvalue weighted by atomic mass is 9.84. The number of carbonyl (C=O) groups is 1. The van der Waals surface area contributed by atoms with E-state index in [0.29, 0.717) is 12.8 Å². The Kier molecular flexibility index (Phi) is 2.82. The van der Waals surface area contributed by atoms with Crippen LogP contribution in [0.4, 0.5) is 0 Å². The van der Waals surface area contributed by atoms with Crippen LogP contribution in [0.2, 0.25) is 0 Å². The minimum atomic E-state index is -3.78. The van der Waals surface area contributed by atoms with E-state index in [1.165, 1.54) is 0 Å². The Hall–Kier alpha value is -0.660. The second-order valence-corrected chi connectivity index (χ2v) is 8.65. The highest BCUT2D eigenvalue weighted by Gasteiger charge is 2.75. The second-order valence-electron chi connectivity index (χ2n) is 6.67. The highest BCUT2D eigenvalue weighted by Crippen LogP contribution is 2.55. The van der Waals surface area contributed by atoms with Gasteiger partial charge in [0.15, 0.2) is 10.9 Å². The van der Waals surface area contributed by atoms with Gasteiger partial charge in [0.2, 0.25) is 0 Å². The van der Waals surface area contributed by atoms with Gasteiger partial charge in [0.25, 0.3) is 10.1 Å². The minimum absolute atomic E-state index is 0.385. The van der Waals surface area contributed by atoms with Gasteiger partial charge in [-0.15, -0.1) is 0 Å². The summed E-state index contributed by atoms with van der Waals surface area (Å²) in [5.41, 5.74) is -0.638. The molecule has 3 fully saturated rings. The second kappa shape index (κ2) is 3.96. The van der Waals surface area contributed by atoms with E-state index in [9.17, 15) is 13.2 Å². The van der Waals surface area contributed by atoms with Crippen LogP contribution < -0.4 is 0 Å². The third-order valence-corrected chi connectivity index (χ3v) is 7.09. The normalized spacial score (nSPS) is 44.8. The van der Waals surface area contributed by atoms with Crippen LogP contribution in [-0.4, -0.2) is 43.5 Å². The van der Waals surface area contributed by atoms with Crippen molar-refractivity contribution in [2.75, 3.05) is 0 Å². The fourth-order valence-electron chi connectivity index (χ4n) is 3.17. The molecule has 3 rings (SSSR count). The summed E-state index contributed by atoms with van der Waals surface area (Å²) in [6, 6.07) is 0. The molecule has 3 saturated heterocycles. The predicted octanol–water partition coefficient (Wildman–Crippen LogP) is 0.993. The van der Waals surface area contributed by atoms with Crippen LogP contribution in [0.5, 0.6) is 0 Å². The molecule has 0 spiro atoms. The number of hydrogen-bond acceptors (Lipinski definition) is 6. The molecule has 2 bridgehead atoms. The summed E-state index contributed by atoms with van der Waals surface area (Å²) in [7, 11) is -3.78. The average molecular weight is 304 g/mol. The summed E-state index contributed by atoms with van der Waals surface area (Å²) >= 11 is 0. The molecule has 3 aliphatic heterocycles. The van der Waals surface area contributed by atoms with E-state index in [2.05, 4.69) is 0 Å². The summed E-state index contributed by atoms with van der Waals surface area (Å²) < 4.78 is 39.5. The smallest absolute Gasteiger partial charge is 0.311 e. The number of ether oxygens (including phenoxy) is 2. The molecule has 114 valence electrons. The van der Waals surface area contributed by atoms with Gasteiger partial charge in [-0.05, 0) is 27.2 Å². The molecule has 0 radical (unpaired) electrons. The zero-order valence-electron chi connectivity index (χ0n) is 12.1. The van der Waals surface area contributed by atoms with Crippen molar-refractivity contribution in [1.82, 2.24) is 0 Å². The molecule has 0 aromatic rings. The largest absolute Gasteiger partial charge is 0.457 e. The number of rotatable bonds is 3. The van der Waals surface area contributed by atoms with Crippen molar-refractivity contribution in [3.8, 4) is 0 Å². The Balaban J connectivity index is 1.90. The highest BCUT2D eigenvalue weighted by molar-refractivity contribution is 7.88. The lowest BCUT2D eigenvalue weighted by Gasteiger charge is -2.32. The first kappa shape index (κ1) is 14.3. The number of esters is 1. The summed E-state index contributed by atoms with van der Waals surface area (Å²) in [4.78, 5) is 12.2. The summed E-state index contributed by atoms with van der Waals surface area (Å²) in [5.74, 6) is -0.388. The monoisotopic (exact) mass is 304 g/mol. The molecule has 7 heteroatoms. The van der Waals surface area contributed by atoms with E-state index in [1.54, 1.807) is 20.8 Å². The third-order valence-electron chi connectivity index (χ3n) is 5.05. The van der Waals surface area contributed by atoms with E-state index < -0.39 is 38.6 Å². The van der Waals surface area contributed by atoms with Gasteiger partial charge >= 0.3 is 5.97 Å². The van der Waals surface area contributed by atoms with E-state index in [1.807, 2.05) is 6.92 Å². The Labute approximate surface area is 118 Å². The maximum Gasteiger partial charge on any atom is 0.311 e. The molecule has 0 N–H and O–H groups in total. The molecule has 6 nitrogen and oxygen atoms in total. The standard InChI is InChI=1S/C13H20O6S/c1-5-12(2,3)11(14)18-9-7-6-8-10(17-7)13(9,4)20(15,16)19-8/h7-10H,5-6H2,1-4H3. The number of carbonyl (C=O) groups excluding carboxylic acids is 1. The number of hydrogen-bond donors (Lipinski definition) is 0. The minimum Gasteiger partial charge on any atom is -0.457 e. The van der Waals surface area contributed by atoms with Crippen molar-refractivity contribution < 1.29 is 26.9 Å². The van der Waals surface area contributed by atoms with E-state index >= 15 is 0 Å². The molecule has 0 amide bonds. The van der Waals surface area contributed by atoms with Crippen LogP contribution in [0.3, 0.4) is 0 Å². The van der Waals surface area contributed by atoms with Crippen molar-refractivity contribution >= 4 is 16.1 Å². The van der Waals surface area contributed by atoms with Gasteiger partial charge in [0.05, 0.1) is 11.5 Å². The van der Waals surface area contributed by atoms with Gasteiger partial charge in [0, 0.05) is 6.42 Å². The summed E-state index contributed by atoms with van der Waals surface area (Å²) in [6.45, 7) is 7.02. The fourth-order valence-corrected chi connectivity index (χ4v) is 4.86. The molecular formula is C13H20O6S. The van der Waals surface area contributed by atoms with E-state index in [-0.39, 0.29) is 12.1 Å². The molecule has 3 heterocycles. The first-order chi connectivity index (χ1) is 9.13. The van der Waals surface area contributed by atoms with Crippen LogP contribution in [0.15, 0.2) is 0 Å². The molecular weight excluding hydrogens is 284 g/mol. The van der Waals surface area contributed by atoms with E-state index in [0.717, 1.165) is 0 Å². The first-order valence-corrected chi connectivity index (χ1v) is 8.33. The van der Waals surface area contributed by atoms with Gasteiger partial charge in [-0.25, -0.2) is 0 Å². The molecule has 5 unspecified atom stereocenters. The van der Waals surface area contributed by atoms with Crippen molar-refractivity contribution in [1.29, 1.82) is 0 Å². The van der Waals surface area contributed by atoms with Crippen molar-refractivity contribution in [2.24, 2.45) is 5.41 Å². The molecule has 0 saturated carbocycles. The average Bonchev–Trinajstić information content (AvgIpc) is 2.90. The van der Waals surface area contributed by atoms with Gasteiger partial charge in [-0.3, -0.25) is 8.98 Å². The first-order valence-electron chi connectivity index (χ1n) is 6.93. The Morgan fingerprint density at radius 1 is 1.40 bits per heavy atom. The van der Waals surface area contributed by atoms with Crippen LogP contribution in [0.25, 0.3) is 0 Å². The third kappa shape index (κ3) is 1.57. The Bertz CT molecular complexity index is 553. The molecule has 0 aliphatic carbocycles. The van der Waals surface area contributed by atoms with Crippen LogP contribution >= 0.6 is 0 Å². The highest BCUT2D eigenvalue weighted by atomic mass is 32.2. The van der Waals surface area contributed by atoms with Crippen molar-refractivity contribution in [2.45, 2.75) is 69.7 Å². The van der Waals surface area contributed by atoms with Gasteiger partial charge < -0.3 is 9.47 Å². The Morgan fingerprint density at radius 3 is 2.65 bits per heavy atom. The van der Waals surface area contributed by atoms with Crippen LogP contribution in [0.1, 0.15) is 40.5 Å². The van der Waals surface area contributed by atoms with Crippen molar-refractivity contribution in [3.63, 3.8) is 0 Å².